The molecule has 0 aromatic carbocycles. The first-order valence-corrected chi connectivity index (χ1v) is 5.15. The van der Waals surface area contributed by atoms with Crippen molar-refractivity contribution in [2.75, 3.05) is 6.54 Å². The van der Waals surface area contributed by atoms with Crippen molar-refractivity contribution in [2.45, 2.75) is 25.9 Å². The smallest absolute Gasteiger partial charge is 0.185 e. The highest BCUT2D eigenvalue weighted by atomic mass is 16.1. The number of hydrogen-bond donors (Lipinski definition) is 1. The molecule has 0 amide bonds. The van der Waals surface area contributed by atoms with Gasteiger partial charge in [0.15, 0.2) is 5.78 Å². The normalized spacial score (nSPS) is 20.6. The Morgan fingerprint density at radius 3 is 3.14 bits per heavy atom. The molecule has 2 aliphatic rings. The molecule has 1 N–H and O–H groups in total. The van der Waals surface area contributed by atoms with E-state index in [0.29, 0.717) is 5.69 Å². The van der Waals surface area contributed by atoms with Crippen molar-refractivity contribution in [3.05, 3.63) is 17.7 Å². The van der Waals surface area contributed by atoms with Gasteiger partial charge >= 0.3 is 0 Å². The second-order valence-electron chi connectivity index (χ2n) is 4.05. The number of nitrogens with one attached hydrogen (secondary N) is 1. The van der Waals surface area contributed by atoms with Gasteiger partial charge in [0.1, 0.15) is 11.5 Å². The summed E-state index contributed by atoms with van der Waals surface area (Å²) in [7, 11) is 0. The van der Waals surface area contributed by atoms with E-state index in [4.69, 9.17) is 0 Å². The Labute approximate surface area is 82.3 Å². The lowest BCUT2D eigenvalue weighted by Gasteiger charge is -2.13. The van der Waals surface area contributed by atoms with Gasteiger partial charge in [0, 0.05) is 25.2 Å². The van der Waals surface area contributed by atoms with E-state index in [0.717, 1.165) is 38.3 Å². The van der Waals surface area contributed by atoms with Crippen LogP contribution in [0.5, 0.6) is 0 Å². The van der Waals surface area contributed by atoms with Gasteiger partial charge in [-0.3, -0.25) is 4.79 Å². The van der Waals surface area contributed by atoms with Gasteiger partial charge in [-0.05, 0) is 12.8 Å². The van der Waals surface area contributed by atoms with E-state index < -0.39 is 0 Å². The highest BCUT2D eigenvalue weighted by molar-refractivity contribution is 5.97. The summed E-state index contributed by atoms with van der Waals surface area (Å²) < 4.78 is 2.09. The molecule has 1 aromatic heterocycles. The van der Waals surface area contributed by atoms with Crippen LogP contribution >= 0.6 is 0 Å². The predicted molar refractivity (Wildman–Crippen MR) is 51.0 cm³/mol. The summed E-state index contributed by atoms with van der Waals surface area (Å²) in [5.41, 5.74) is 0.672. The summed E-state index contributed by atoms with van der Waals surface area (Å²) in [6, 6.07) is 0. The fraction of sp³-hybridized carbons (Fsp3) is 0.600. The second kappa shape index (κ2) is 2.92. The largest absolute Gasteiger partial charge is 0.332 e. The van der Waals surface area contributed by atoms with Crippen LogP contribution in [0.25, 0.3) is 0 Å². The second-order valence-corrected chi connectivity index (χ2v) is 4.05. The average molecular weight is 191 g/mol. The number of aromatic nitrogens is 2. The minimum atomic E-state index is 0.243. The molecule has 4 heteroatoms. The van der Waals surface area contributed by atoms with Crippen LogP contribution in [0.2, 0.25) is 0 Å². The number of carbonyl (C=O) groups is 1. The van der Waals surface area contributed by atoms with Crippen LogP contribution in [0.4, 0.5) is 0 Å². The molecule has 0 atom stereocenters. The van der Waals surface area contributed by atoms with E-state index in [9.17, 15) is 4.79 Å². The van der Waals surface area contributed by atoms with Crippen LogP contribution < -0.4 is 5.32 Å². The lowest BCUT2D eigenvalue weighted by Crippen LogP contribution is -2.27. The molecule has 0 radical (unpaired) electrons. The molecule has 0 spiro atoms. The van der Waals surface area contributed by atoms with Crippen molar-refractivity contribution < 1.29 is 4.79 Å². The maximum atomic E-state index is 11.7. The van der Waals surface area contributed by atoms with Gasteiger partial charge in [0.25, 0.3) is 0 Å². The molecule has 0 bridgehead atoms. The van der Waals surface area contributed by atoms with Gasteiger partial charge in [0.05, 0.1) is 6.54 Å². The van der Waals surface area contributed by atoms with Crippen molar-refractivity contribution in [2.24, 2.45) is 5.92 Å². The van der Waals surface area contributed by atoms with E-state index in [1.165, 1.54) is 0 Å². The zero-order valence-electron chi connectivity index (χ0n) is 7.99. The number of hydrogen-bond acceptors (Lipinski definition) is 3. The van der Waals surface area contributed by atoms with Crippen molar-refractivity contribution in [1.82, 2.24) is 14.9 Å². The van der Waals surface area contributed by atoms with Crippen LogP contribution in [-0.4, -0.2) is 21.9 Å². The quantitative estimate of drug-likeness (QED) is 0.695. The zero-order chi connectivity index (χ0) is 9.54. The van der Waals surface area contributed by atoms with E-state index in [-0.39, 0.29) is 11.7 Å². The number of Topliss-reactive ketones (excluding diaryl/α,β-unsaturated/α-hetero) is 1. The standard InChI is InChI=1S/C10H13N3O/c14-10(7-1-2-7)8-6-13-4-3-11-5-9(13)12-8/h6-7,11H,1-5H2. The fourth-order valence-corrected chi connectivity index (χ4v) is 1.86. The van der Waals surface area contributed by atoms with E-state index in [1.807, 2.05) is 6.20 Å². The summed E-state index contributed by atoms with van der Waals surface area (Å²) in [5.74, 6) is 1.52. The van der Waals surface area contributed by atoms with Gasteiger partial charge in [-0.1, -0.05) is 0 Å². The summed E-state index contributed by atoms with van der Waals surface area (Å²) in [5, 5.41) is 3.24. The third-order valence-corrected chi connectivity index (χ3v) is 2.87. The first-order chi connectivity index (χ1) is 6.84. The monoisotopic (exact) mass is 191 g/mol. The van der Waals surface area contributed by atoms with Crippen molar-refractivity contribution in [1.29, 1.82) is 0 Å². The third kappa shape index (κ3) is 1.26. The molecule has 1 fully saturated rings. The molecule has 0 saturated heterocycles. The predicted octanol–water partition coefficient (Wildman–Crippen LogP) is 0.579. The lowest BCUT2D eigenvalue weighted by molar-refractivity contribution is 0.0963. The molecular weight excluding hydrogens is 178 g/mol. The molecule has 1 aromatic rings. The first-order valence-electron chi connectivity index (χ1n) is 5.15. The minimum Gasteiger partial charge on any atom is -0.332 e. The Balaban J connectivity index is 1.91. The molecule has 2 heterocycles. The van der Waals surface area contributed by atoms with Crippen LogP contribution in [0.1, 0.15) is 29.2 Å². The molecule has 3 rings (SSSR count). The molecule has 1 aliphatic carbocycles. The van der Waals surface area contributed by atoms with Crippen LogP contribution in [0, 0.1) is 5.92 Å². The summed E-state index contributed by atoms with van der Waals surface area (Å²) in [6.07, 6.45) is 4.02. The van der Waals surface area contributed by atoms with Gasteiger partial charge in [-0.2, -0.15) is 0 Å². The van der Waals surface area contributed by atoms with Crippen LogP contribution in [0.3, 0.4) is 0 Å². The fourth-order valence-electron chi connectivity index (χ4n) is 1.86. The Kier molecular flexibility index (Phi) is 1.70. The topological polar surface area (TPSA) is 46.9 Å². The number of fused-ring (bicyclic) bond motifs is 1. The number of imidazole rings is 1. The number of carbonyl (C=O) groups excluding carboxylic acids is 1. The Morgan fingerprint density at radius 2 is 2.43 bits per heavy atom. The van der Waals surface area contributed by atoms with Crippen LogP contribution in [-0.2, 0) is 13.1 Å². The number of nitrogens with zero attached hydrogens (tertiary/aromatic N) is 2. The molecule has 74 valence electrons. The van der Waals surface area contributed by atoms with Crippen molar-refractivity contribution in [3.63, 3.8) is 0 Å². The molecule has 14 heavy (non-hydrogen) atoms. The van der Waals surface area contributed by atoms with E-state index in [1.54, 1.807) is 0 Å². The summed E-state index contributed by atoms with van der Waals surface area (Å²) >= 11 is 0. The molecule has 0 unspecified atom stereocenters. The summed E-state index contributed by atoms with van der Waals surface area (Å²) in [4.78, 5) is 16.1. The SMILES string of the molecule is O=C(c1cn2c(n1)CNCC2)C1CC1. The van der Waals surface area contributed by atoms with Gasteiger partial charge in [-0.15, -0.1) is 0 Å². The summed E-state index contributed by atoms with van der Waals surface area (Å²) in [6.45, 7) is 2.69. The lowest BCUT2D eigenvalue weighted by atomic mass is 10.2. The van der Waals surface area contributed by atoms with Crippen molar-refractivity contribution >= 4 is 5.78 Å². The van der Waals surface area contributed by atoms with E-state index >= 15 is 0 Å². The number of rotatable bonds is 2. The van der Waals surface area contributed by atoms with E-state index in [2.05, 4.69) is 14.9 Å². The maximum absolute atomic E-state index is 11.7. The molecule has 1 saturated carbocycles. The highest BCUT2D eigenvalue weighted by Crippen LogP contribution is 2.32. The minimum absolute atomic E-state index is 0.243. The third-order valence-electron chi connectivity index (χ3n) is 2.87. The van der Waals surface area contributed by atoms with Gasteiger partial charge < -0.3 is 9.88 Å². The van der Waals surface area contributed by atoms with Gasteiger partial charge in [-0.25, -0.2) is 4.98 Å². The highest BCUT2D eigenvalue weighted by Gasteiger charge is 2.32. The molecule has 4 nitrogen and oxygen atoms in total. The molecular formula is C10H13N3O. The Hall–Kier alpha value is -1.16. The van der Waals surface area contributed by atoms with Crippen molar-refractivity contribution in [3.8, 4) is 0 Å². The Bertz CT molecular complexity index is 355. The average Bonchev–Trinajstić information content (AvgIpc) is 2.95. The number of ketones is 1. The zero-order valence-corrected chi connectivity index (χ0v) is 7.99. The van der Waals surface area contributed by atoms with Crippen LogP contribution in [0.15, 0.2) is 6.20 Å². The molecule has 1 aliphatic heterocycles. The Morgan fingerprint density at radius 1 is 1.57 bits per heavy atom. The van der Waals surface area contributed by atoms with Gasteiger partial charge in [0.2, 0.25) is 0 Å². The first kappa shape index (κ1) is 8.17. The maximum Gasteiger partial charge on any atom is 0.185 e.